The third kappa shape index (κ3) is 4.59. The Bertz CT molecular complexity index is 583. The summed E-state index contributed by atoms with van der Waals surface area (Å²) in [4.78, 5) is 26.9. The molecule has 8 heteroatoms. The lowest BCUT2D eigenvalue weighted by Crippen LogP contribution is -2.42. The number of nitrogens with one attached hydrogen (secondary N) is 3. The normalized spacial score (nSPS) is 10.2. The highest BCUT2D eigenvalue weighted by Gasteiger charge is 2.08. The molecule has 2 aromatic heterocycles. The molecule has 0 aliphatic rings. The topological polar surface area (TPSA) is 74.0 Å². The van der Waals surface area contributed by atoms with Crippen LogP contribution in [0.15, 0.2) is 30.5 Å². The van der Waals surface area contributed by atoms with Gasteiger partial charge in [-0.15, -0.1) is 23.1 Å². The maximum absolute atomic E-state index is 11.5. The van der Waals surface area contributed by atoms with Gasteiger partial charge < -0.3 is 4.98 Å². The Kier molecular flexibility index (Phi) is 5.51. The molecule has 3 N–H and O–H groups in total. The van der Waals surface area contributed by atoms with Gasteiger partial charge in [0.1, 0.15) is 5.69 Å². The van der Waals surface area contributed by atoms with Crippen LogP contribution >= 0.6 is 34.7 Å². The first kappa shape index (κ1) is 15.0. The quantitative estimate of drug-likeness (QED) is 0.737. The van der Waals surface area contributed by atoms with Gasteiger partial charge in [-0.2, -0.15) is 0 Å². The molecule has 2 heterocycles. The summed E-state index contributed by atoms with van der Waals surface area (Å²) in [6.07, 6.45) is 1.64. The van der Waals surface area contributed by atoms with Crippen molar-refractivity contribution >= 4 is 46.5 Å². The Balaban J connectivity index is 1.64. The van der Waals surface area contributed by atoms with E-state index in [-0.39, 0.29) is 17.6 Å². The number of carbonyl (C=O) groups excluding carboxylic acids is 2. The fourth-order valence-electron chi connectivity index (χ4n) is 1.38. The molecule has 0 aliphatic heterocycles. The highest BCUT2D eigenvalue weighted by atomic mass is 35.5. The minimum atomic E-state index is -0.376. The molecule has 5 nitrogen and oxygen atoms in total. The summed E-state index contributed by atoms with van der Waals surface area (Å²) in [6, 6.07) is 7.10. The number of aromatic amines is 1. The average Bonchev–Trinajstić information content (AvgIpc) is 3.07. The van der Waals surface area contributed by atoms with Crippen molar-refractivity contribution in [2.75, 3.05) is 5.75 Å². The third-order valence-corrected chi connectivity index (χ3v) is 4.66. The Morgan fingerprint density at radius 1 is 1.30 bits per heavy atom. The number of hydrogen-bond donors (Lipinski definition) is 3. The zero-order valence-electron chi connectivity index (χ0n) is 10.3. The lowest BCUT2D eigenvalue weighted by molar-refractivity contribution is -0.119. The van der Waals surface area contributed by atoms with Gasteiger partial charge in [0.2, 0.25) is 5.91 Å². The number of hydrogen-bond acceptors (Lipinski definition) is 4. The second-order valence-electron chi connectivity index (χ2n) is 3.78. The SMILES string of the molecule is O=C(CSCc1ccc(Cl)s1)NNC(=O)c1ccc[nH]1. The van der Waals surface area contributed by atoms with Crippen molar-refractivity contribution < 1.29 is 9.59 Å². The second-order valence-corrected chi connectivity index (χ2v) is 6.57. The van der Waals surface area contributed by atoms with E-state index in [4.69, 9.17) is 11.6 Å². The summed E-state index contributed by atoms with van der Waals surface area (Å²) in [5.74, 6) is 0.353. The molecule has 0 atom stereocenters. The summed E-state index contributed by atoms with van der Waals surface area (Å²) in [7, 11) is 0. The predicted molar refractivity (Wildman–Crippen MR) is 81.9 cm³/mol. The molecule has 20 heavy (non-hydrogen) atoms. The smallest absolute Gasteiger partial charge is 0.286 e. The van der Waals surface area contributed by atoms with Crippen molar-refractivity contribution in [2.24, 2.45) is 0 Å². The molecule has 0 radical (unpaired) electrons. The fraction of sp³-hybridized carbons (Fsp3) is 0.167. The summed E-state index contributed by atoms with van der Waals surface area (Å²) < 4.78 is 0.739. The standard InChI is InChI=1S/C12H12ClN3O2S2/c13-10-4-3-8(20-10)6-19-7-11(17)15-16-12(18)9-2-1-5-14-9/h1-5,14H,6-7H2,(H,15,17)(H,16,18). The zero-order chi connectivity index (χ0) is 14.4. The van der Waals surface area contributed by atoms with E-state index in [1.807, 2.05) is 12.1 Å². The second kappa shape index (κ2) is 7.37. The van der Waals surface area contributed by atoms with Crippen LogP contribution in [0.2, 0.25) is 4.34 Å². The fourth-order valence-corrected chi connectivity index (χ4v) is 3.40. The van der Waals surface area contributed by atoms with Crippen molar-refractivity contribution in [3.63, 3.8) is 0 Å². The molecule has 0 bridgehead atoms. The molecule has 2 rings (SSSR count). The van der Waals surface area contributed by atoms with E-state index in [2.05, 4.69) is 15.8 Å². The number of hydrazine groups is 1. The Labute approximate surface area is 129 Å². The number of amides is 2. The Hall–Kier alpha value is -1.44. The van der Waals surface area contributed by atoms with Gasteiger partial charge in [0.25, 0.3) is 5.91 Å². The molecule has 2 amide bonds. The number of carbonyl (C=O) groups is 2. The van der Waals surface area contributed by atoms with E-state index in [1.165, 1.54) is 23.1 Å². The predicted octanol–water partition coefficient (Wildman–Crippen LogP) is 2.42. The van der Waals surface area contributed by atoms with Crippen LogP contribution in [0, 0.1) is 0 Å². The Morgan fingerprint density at radius 2 is 2.15 bits per heavy atom. The number of thioether (sulfide) groups is 1. The maximum Gasteiger partial charge on any atom is 0.286 e. The van der Waals surface area contributed by atoms with Crippen LogP contribution in [-0.2, 0) is 10.5 Å². The summed E-state index contributed by atoms with van der Waals surface area (Å²) >= 11 is 8.77. The average molecular weight is 330 g/mol. The van der Waals surface area contributed by atoms with Crippen LogP contribution in [0.1, 0.15) is 15.4 Å². The van der Waals surface area contributed by atoms with Gasteiger partial charge in [-0.25, -0.2) is 0 Å². The van der Waals surface area contributed by atoms with E-state index in [0.717, 1.165) is 15.0 Å². The van der Waals surface area contributed by atoms with Crippen molar-refractivity contribution in [3.05, 3.63) is 45.4 Å². The van der Waals surface area contributed by atoms with Gasteiger partial charge in [0.05, 0.1) is 10.1 Å². The summed E-state index contributed by atoms with van der Waals surface area (Å²) in [6.45, 7) is 0. The minimum absolute atomic E-state index is 0.252. The van der Waals surface area contributed by atoms with Gasteiger partial charge >= 0.3 is 0 Å². The van der Waals surface area contributed by atoms with E-state index in [9.17, 15) is 9.59 Å². The third-order valence-electron chi connectivity index (χ3n) is 2.26. The summed E-state index contributed by atoms with van der Waals surface area (Å²) in [5, 5.41) is 0. The highest BCUT2D eigenvalue weighted by molar-refractivity contribution is 7.99. The van der Waals surface area contributed by atoms with Gasteiger partial charge in [0.15, 0.2) is 0 Å². The number of halogens is 1. The van der Waals surface area contributed by atoms with Crippen molar-refractivity contribution in [1.82, 2.24) is 15.8 Å². The number of aromatic nitrogens is 1. The van der Waals surface area contributed by atoms with Gasteiger partial charge in [-0.3, -0.25) is 20.4 Å². The number of thiophene rings is 1. The van der Waals surface area contributed by atoms with Gasteiger partial charge in [0, 0.05) is 16.8 Å². The van der Waals surface area contributed by atoms with E-state index < -0.39 is 0 Å². The van der Waals surface area contributed by atoms with Crippen LogP contribution in [-0.4, -0.2) is 22.6 Å². The molecule has 0 saturated carbocycles. The molecule has 0 aromatic carbocycles. The van der Waals surface area contributed by atoms with Crippen LogP contribution in [0.25, 0.3) is 0 Å². The minimum Gasteiger partial charge on any atom is -0.357 e. The first-order valence-corrected chi connectivity index (χ1v) is 8.04. The van der Waals surface area contributed by atoms with Gasteiger partial charge in [-0.1, -0.05) is 11.6 Å². The lowest BCUT2D eigenvalue weighted by atomic mass is 10.4. The molecule has 0 saturated heterocycles. The van der Waals surface area contributed by atoms with Crippen LogP contribution in [0.5, 0.6) is 0 Å². The molecule has 0 spiro atoms. The summed E-state index contributed by atoms with van der Waals surface area (Å²) in [5.41, 5.74) is 5.09. The van der Waals surface area contributed by atoms with E-state index in [1.54, 1.807) is 18.3 Å². The first-order chi connectivity index (χ1) is 9.65. The van der Waals surface area contributed by atoms with Crippen molar-refractivity contribution in [1.29, 1.82) is 0 Å². The molecule has 106 valence electrons. The van der Waals surface area contributed by atoms with Crippen LogP contribution < -0.4 is 10.9 Å². The van der Waals surface area contributed by atoms with E-state index in [0.29, 0.717) is 5.69 Å². The van der Waals surface area contributed by atoms with E-state index >= 15 is 0 Å². The van der Waals surface area contributed by atoms with Crippen molar-refractivity contribution in [2.45, 2.75) is 5.75 Å². The largest absolute Gasteiger partial charge is 0.357 e. The van der Waals surface area contributed by atoms with Gasteiger partial charge in [-0.05, 0) is 24.3 Å². The lowest BCUT2D eigenvalue weighted by Gasteiger charge is -2.05. The first-order valence-electron chi connectivity index (χ1n) is 5.69. The molecule has 0 aliphatic carbocycles. The Morgan fingerprint density at radius 3 is 2.80 bits per heavy atom. The molecule has 2 aromatic rings. The molecular weight excluding hydrogens is 318 g/mol. The highest BCUT2D eigenvalue weighted by Crippen LogP contribution is 2.24. The zero-order valence-corrected chi connectivity index (χ0v) is 12.7. The maximum atomic E-state index is 11.5. The number of rotatable bonds is 5. The number of H-pyrrole nitrogens is 1. The molecular formula is C12H12ClN3O2S2. The van der Waals surface area contributed by atoms with Crippen molar-refractivity contribution in [3.8, 4) is 0 Å². The van der Waals surface area contributed by atoms with Crippen LogP contribution in [0.3, 0.4) is 0 Å². The monoisotopic (exact) mass is 329 g/mol. The molecule has 0 unspecified atom stereocenters. The van der Waals surface area contributed by atoms with Crippen LogP contribution in [0.4, 0.5) is 0 Å². The molecule has 0 fully saturated rings.